The molecule has 3 aromatic rings. The number of nitrogens with zero attached hydrogens (tertiary/aromatic N) is 6. The lowest BCUT2D eigenvalue weighted by Crippen LogP contribution is -2.45. The fraction of sp³-hybridized carbons (Fsp3) is 0.583. The van der Waals surface area contributed by atoms with E-state index in [0.29, 0.717) is 0 Å². The summed E-state index contributed by atoms with van der Waals surface area (Å²) in [5, 5.41) is 14.9. The van der Waals surface area contributed by atoms with Crippen LogP contribution in [0.4, 0.5) is 5.69 Å². The highest BCUT2D eigenvalue weighted by molar-refractivity contribution is 5.86. The van der Waals surface area contributed by atoms with E-state index in [-0.39, 0.29) is 6.04 Å². The Hall–Kier alpha value is -2.46. The zero-order chi connectivity index (χ0) is 22.8. The van der Waals surface area contributed by atoms with Crippen LogP contribution in [0.2, 0.25) is 0 Å². The van der Waals surface area contributed by atoms with Gasteiger partial charge in [-0.1, -0.05) is 0 Å². The molecule has 2 aliphatic heterocycles. The Morgan fingerprint density at radius 1 is 1.21 bits per heavy atom. The van der Waals surface area contributed by atoms with Gasteiger partial charge in [0.15, 0.2) is 0 Å². The minimum Gasteiger partial charge on any atom is -0.379 e. The quantitative estimate of drug-likeness (QED) is 0.521. The van der Waals surface area contributed by atoms with Crippen LogP contribution in [0.5, 0.6) is 0 Å². The SMILES string of the molecule is COC(O)N1c2ccc3c(nc(CCn4cccn4)n3CCN3CCOCC3)c2CC[C@@H]1C. The summed E-state index contributed by atoms with van der Waals surface area (Å²) in [5.74, 6) is 1.08. The highest BCUT2D eigenvalue weighted by atomic mass is 16.6. The van der Waals surface area contributed by atoms with Crippen molar-refractivity contribution >= 4 is 16.7 Å². The first-order valence-corrected chi connectivity index (χ1v) is 11.9. The van der Waals surface area contributed by atoms with Crippen LogP contribution in [-0.4, -0.2) is 81.8 Å². The van der Waals surface area contributed by atoms with Gasteiger partial charge in [0, 0.05) is 75.9 Å². The minimum absolute atomic E-state index is 0.201. The zero-order valence-electron chi connectivity index (χ0n) is 19.6. The molecule has 2 aliphatic rings. The second-order valence-electron chi connectivity index (χ2n) is 8.94. The van der Waals surface area contributed by atoms with Crippen molar-refractivity contribution in [3.8, 4) is 0 Å². The fourth-order valence-corrected chi connectivity index (χ4v) is 5.11. The maximum Gasteiger partial charge on any atom is 0.237 e. The summed E-state index contributed by atoms with van der Waals surface area (Å²) >= 11 is 0. The van der Waals surface area contributed by atoms with Crippen LogP contribution in [0.15, 0.2) is 30.6 Å². The van der Waals surface area contributed by atoms with Crippen molar-refractivity contribution in [2.24, 2.45) is 0 Å². The van der Waals surface area contributed by atoms with Gasteiger partial charge in [-0.25, -0.2) is 4.98 Å². The largest absolute Gasteiger partial charge is 0.379 e. The predicted octanol–water partition coefficient (Wildman–Crippen LogP) is 1.87. The summed E-state index contributed by atoms with van der Waals surface area (Å²) in [7, 11) is 1.54. The molecule has 178 valence electrons. The predicted molar refractivity (Wildman–Crippen MR) is 126 cm³/mol. The molecule has 1 unspecified atom stereocenters. The van der Waals surface area contributed by atoms with Gasteiger partial charge in [0.2, 0.25) is 6.41 Å². The van der Waals surface area contributed by atoms with Crippen LogP contribution in [0.3, 0.4) is 0 Å². The average Bonchev–Trinajstić information content (AvgIpc) is 3.49. The van der Waals surface area contributed by atoms with Gasteiger partial charge < -0.3 is 24.0 Å². The molecule has 0 bridgehead atoms. The van der Waals surface area contributed by atoms with E-state index in [1.54, 1.807) is 0 Å². The summed E-state index contributed by atoms with van der Waals surface area (Å²) < 4.78 is 15.1. The number of aliphatic hydroxyl groups excluding tert-OH is 1. The van der Waals surface area contributed by atoms with Gasteiger partial charge >= 0.3 is 0 Å². The highest BCUT2D eigenvalue weighted by Crippen LogP contribution is 2.37. The molecular weight excluding hydrogens is 420 g/mol. The van der Waals surface area contributed by atoms with Crippen LogP contribution >= 0.6 is 0 Å². The van der Waals surface area contributed by atoms with E-state index < -0.39 is 6.41 Å². The van der Waals surface area contributed by atoms with E-state index in [2.05, 4.69) is 33.6 Å². The molecule has 4 heterocycles. The first kappa shape index (κ1) is 22.3. The molecule has 0 radical (unpaired) electrons. The first-order chi connectivity index (χ1) is 16.2. The second-order valence-corrected chi connectivity index (χ2v) is 8.94. The second kappa shape index (κ2) is 9.80. The van der Waals surface area contributed by atoms with E-state index in [1.807, 2.05) is 28.0 Å². The number of ether oxygens (including phenoxy) is 2. The van der Waals surface area contributed by atoms with Gasteiger partial charge in [-0.15, -0.1) is 0 Å². The summed E-state index contributed by atoms with van der Waals surface area (Å²) in [6.45, 7) is 8.36. The summed E-state index contributed by atoms with van der Waals surface area (Å²) in [4.78, 5) is 9.59. The lowest BCUT2D eigenvalue weighted by atomic mass is 9.95. The number of rotatable bonds is 8. The van der Waals surface area contributed by atoms with E-state index >= 15 is 0 Å². The molecule has 0 spiro atoms. The average molecular weight is 455 g/mol. The minimum atomic E-state index is -0.959. The molecule has 1 aromatic carbocycles. The van der Waals surface area contributed by atoms with Gasteiger partial charge in [0.05, 0.1) is 24.2 Å². The Labute approximate surface area is 194 Å². The zero-order valence-corrected chi connectivity index (χ0v) is 19.6. The Balaban J connectivity index is 1.50. The van der Waals surface area contributed by atoms with Crippen LogP contribution in [-0.2, 0) is 35.4 Å². The maximum atomic E-state index is 10.5. The summed E-state index contributed by atoms with van der Waals surface area (Å²) in [6, 6.07) is 6.44. The molecule has 33 heavy (non-hydrogen) atoms. The Morgan fingerprint density at radius 3 is 2.82 bits per heavy atom. The van der Waals surface area contributed by atoms with Crippen LogP contribution < -0.4 is 4.90 Å². The smallest absolute Gasteiger partial charge is 0.237 e. The molecular formula is C24H34N6O3. The number of hydrogen-bond acceptors (Lipinski definition) is 7. The van der Waals surface area contributed by atoms with Crippen molar-refractivity contribution in [3.63, 3.8) is 0 Å². The normalized spacial score (nSPS) is 20.3. The van der Waals surface area contributed by atoms with Crippen molar-refractivity contribution in [2.75, 3.05) is 44.9 Å². The van der Waals surface area contributed by atoms with E-state index in [0.717, 1.165) is 82.2 Å². The maximum absolute atomic E-state index is 10.5. The molecule has 2 aromatic heterocycles. The number of fused-ring (bicyclic) bond motifs is 3. The molecule has 2 atom stereocenters. The highest BCUT2D eigenvalue weighted by Gasteiger charge is 2.30. The molecule has 0 amide bonds. The topological polar surface area (TPSA) is 80.8 Å². The molecule has 0 aliphatic carbocycles. The van der Waals surface area contributed by atoms with Gasteiger partial charge in [-0.2, -0.15) is 5.10 Å². The van der Waals surface area contributed by atoms with Gasteiger partial charge in [-0.05, 0) is 38.0 Å². The van der Waals surface area contributed by atoms with E-state index in [1.165, 1.54) is 18.2 Å². The van der Waals surface area contributed by atoms with Gasteiger partial charge in [-0.3, -0.25) is 9.58 Å². The third-order valence-electron chi connectivity index (χ3n) is 6.96. The number of anilines is 1. The van der Waals surface area contributed by atoms with Crippen LogP contribution in [0.25, 0.3) is 11.0 Å². The fourth-order valence-electron chi connectivity index (χ4n) is 5.11. The number of methoxy groups -OCH3 is 1. The number of morpholine rings is 1. The number of hydrogen-bond donors (Lipinski definition) is 1. The van der Waals surface area contributed by atoms with Crippen molar-refractivity contribution in [2.45, 2.75) is 51.7 Å². The Morgan fingerprint density at radius 2 is 2.06 bits per heavy atom. The lowest BCUT2D eigenvalue weighted by molar-refractivity contribution is -0.0794. The number of imidazole rings is 1. The summed E-state index contributed by atoms with van der Waals surface area (Å²) in [5.41, 5.74) is 4.43. The van der Waals surface area contributed by atoms with Crippen molar-refractivity contribution in [1.29, 1.82) is 0 Å². The Bertz CT molecular complexity index is 1060. The number of aromatic nitrogens is 4. The standard InChI is InChI=1S/C24H34N6O3/c1-18-4-5-19-20(30(18)24(31)32-2)6-7-21-23(19)26-22(8-11-28-10-3-9-25-28)29(21)13-12-27-14-16-33-17-15-27/h3,6-7,9-10,18,24,31H,4-5,8,11-17H2,1-2H3/t18-,24?/m0/s1. The van der Waals surface area contributed by atoms with Crippen LogP contribution in [0.1, 0.15) is 24.7 Å². The Kier molecular flexibility index (Phi) is 6.64. The number of benzene rings is 1. The molecule has 5 rings (SSSR count). The van der Waals surface area contributed by atoms with Gasteiger partial charge in [0.1, 0.15) is 5.82 Å². The van der Waals surface area contributed by atoms with Crippen LogP contribution in [0, 0.1) is 0 Å². The molecule has 1 saturated heterocycles. The number of aliphatic hydroxyl groups is 1. The monoisotopic (exact) mass is 454 g/mol. The molecule has 9 heteroatoms. The van der Waals surface area contributed by atoms with E-state index in [9.17, 15) is 5.11 Å². The molecule has 0 saturated carbocycles. The first-order valence-electron chi connectivity index (χ1n) is 11.9. The van der Waals surface area contributed by atoms with Gasteiger partial charge in [0.25, 0.3) is 0 Å². The summed E-state index contributed by atoms with van der Waals surface area (Å²) in [6.07, 6.45) is 5.56. The van der Waals surface area contributed by atoms with Crippen molar-refractivity contribution in [3.05, 3.63) is 42.0 Å². The van der Waals surface area contributed by atoms with E-state index in [4.69, 9.17) is 14.5 Å². The molecule has 1 N–H and O–H groups in total. The lowest BCUT2D eigenvalue weighted by Gasteiger charge is -2.39. The molecule has 9 nitrogen and oxygen atoms in total. The molecule has 1 fully saturated rings. The van der Waals surface area contributed by atoms with Crippen molar-refractivity contribution in [1.82, 2.24) is 24.2 Å². The third-order valence-corrected chi connectivity index (χ3v) is 6.96. The third kappa shape index (κ3) is 4.50. The number of aryl methyl sites for hydroxylation is 3. The van der Waals surface area contributed by atoms with Crippen molar-refractivity contribution < 1.29 is 14.6 Å².